The van der Waals surface area contributed by atoms with Crippen LogP contribution in [0.4, 0.5) is 13.2 Å². The maximum absolute atomic E-state index is 13.6. The number of aryl methyl sites for hydroxylation is 2. The van der Waals surface area contributed by atoms with E-state index in [-0.39, 0.29) is 46.4 Å². The molecule has 0 aromatic carbocycles. The summed E-state index contributed by atoms with van der Waals surface area (Å²) in [5.74, 6) is -0.510. The fourth-order valence-corrected chi connectivity index (χ4v) is 3.86. The number of amides is 1. The van der Waals surface area contributed by atoms with Crippen LogP contribution in [-0.2, 0) is 17.5 Å². The van der Waals surface area contributed by atoms with E-state index in [1.807, 2.05) is 0 Å². The Kier molecular flexibility index (Phi) is 5.28. The molecule has 1 saturated heterocycles. The first-order valence-electron chi connectivity index (χ1n) is 9.80. The van der Waals surface area contributed by atoms with E-state index in [9.17, 15) is 22.8 Å². The van der Waals surface area contributed by atoms with E-state index in [0.29, 0.717) is 31.6 Å². The molecular weight excluding hydrogens is 415 g/mol. The Morgan fingerprint density at radius 3 is 2.61 bits per heavy atom. The molecule has 0 saturated carbocycles. The van der Waals surface area contributed by atoms with Crippen LogP contribution in [0.15, 0.2) is 27.5 Å². The van der Waals surface area contributed by atoms with E-state index in [1.54, 1.807) is 17.9 Å². The van der Waals surface area contributed by atoms with Crippen molar-refractivity contribution in [3.8, 4) is 0 Å². The molecule has 3 aromatic heterocycles. The van der Waals surface area contributed by atoms with Crippen LogP contribution < -0.4 is 5.56 Å². The van der Waals surface area contributed by atoms with Gasteiger partial charge in [-0.25, -0.2) is 9.67 Å². The van der Waals surface area contributed by atoms with Gasteiger partial charge in [0, 0.05) is 30.8 Å². The van der Waals surface area contributed by atoms with Gasteiger partial charge in [0.2, 0.25) is 5.91 Å². The number of fused-ring (bicyclic) bond motifs is 1. The number of carbonyl (C=O) groups is 1. The van der Waals surface area contributed by atoms with Crippen molar-refractivity contribution in [2.75, 3.05) is 13.1 Å². The van der Waals surface area contributed by atoms with Crippen molar-refractivity contribution in [1.82, 2.24) is 24.8 Å². The van der Waals surface area contributed by atoms with Crippen LogP contribution in [0.25, 0.3) is 11.1 Å². The minimum absolute atomic E-state index is 0.125. The number of likely N-dealkylation sites (tertiary alicyclic amines) is 1. The maximum Gasteiger partial charge on any atom is 0.417 e. The van der Waals surface area contributed by atoms with Crippen LogP contribution in [0, 0.1) is 13.8 Å². The molecule has 31 heavy (non-hydrogen) atoms. The van der Waals surface area contributed by atoms with Crippen LogP contribution >= 0.6 is 0 Å². The van der Waals surface area contributed by atoms with Gasteiger partial charge in [0.1, 0.15) is 6.54 Å². The summed E-state index contributed by atoms with van der Waals surface area (Å²) >= 11 is 0. The maximum atomic E-state index is 13.6. The summed E-state index contributed by atoms with van der Waals surface area (Å²) < 4.78 is 46.8. The molecule has 1 aliphatic rings. The molecule has 0 aliphatic carbocycles. The summed E-state index contributed by atoms with van der Waals surface area (Å²) in [6.07, 6.45) is -3.66. The summed E-state index contributed by atoms with van der Waals surface area (Å²) in [5.41, 5.74) is -0.272. The Hall–Kier alpha value is -3.24. The zero-order valence-electron chi connectivity index (χ0n) is 16.9. The standard InChI is InChI=1S/C20H20F3N5O3/c1-11-3-4-16(29)28(25-11)10-17(30)27-7-5-13(6-8-27)15-9-14(20(21,22)23)18-12(2)26-31-19(18)24-15/h3-4,9,13H,5-8,10H2,1-2H3. The predicted molar refractivity (Wildman–Crippen MR) is 103 cm³/mol. The second-order valence-corrected chi connectivity index (χ2v) is 7.67. The van der Waals surface area contributed by atoms with Gasteiger partial charge in [-0.2, -0.15) is 18.3 Å². The number of hydrogen-bond acceptors (Lipinski definition) is 6. The number of pyridine rings is 1. The van der Waals surface area contributed by atoms with Gasteiger partial charge in [0.15, 0.2) is 0 Å². The Morgan fingerprint density at radius 2 is 1.94 bits per heavy atom. The highest BCUT2D eigenvalue weighted by atomic mass is 19.4. The Balaban J connectivity index is 1.50. The SMILES string of the molecule is Cc1ccc(=O)n(CC(=O)N2CCC(c3cc(C(F)(F)F)c4c(C)noc4n3)CC2)n1. The molecule has 1 aliphatic heterocycles. The summed E-state index contributed by atoms with van der Waals surface area (Å²) in [7, 11) is 0. The molecule has 0 spiro atoms. The minimum atomic E-state index is -4.56. The van der Waals surface area contributed by atoms with Crippen LogP contribution in [0.2, 0.25) is 0 Å². The number of carbonyl (C=O) groups excluding carboxylic acids is 1. The van der Waals surface area contributed by atoms with Crippen molar-refractivity contribution in [3.05, 3.63) is 51.2 Å². The van der Waals surface area contributed by atoms with Crippen molar-refractivity contribution in [1.29, 1.82) is 0 Å². The van der Waals surface area contributed by atoms with Crippen LogP contribution in [-0.4, -0.2) is 43.8 Å². The van der Waals surface area contributed by atoms with Crippen molar-refractivity contribution >= 4 is 17.0 Å². The van der Waals surface area contributed by atoms with Crippen molar-refractivity contribution in [3.63, 3.8) is 0 Å². The molecule has 4 rings (SSSR count). The fraction of sp³-hybridized carbons (Fsp3) is 0.450. The molecule has 11 heteroatoms. The third-order valence-electron chi connectivity index (χ3n) is 5.49. The first-order valence-corrected chi connectivity index (χ1v) is 9.80. The van der Waals surface area contributed by atoms with E-state index in [0.717, 1.165) is 10.7 Å². The average molecular weight is 435 g/mol. The molecule has 0 N–H and O–H groups in total. The van der Waals surface area contributed by atoms with Crippen molar-refractivity contribution in [2.45, 2.75) is 45.3 Å². The van der Waals surface area contributed by atoms with Crippen LogP contribution in [0.5, 0.6) is 0 Å². The highest BCUT2D eigenvalue weighted by Gasteiger charge is 2.37. The molecule has 0 radical (unpaired) electrons. The molecule has 3 aromatic rings. The molecular formula is C20H20F3N5O3. The Morgan fingerprint density at radius 1 is 1.23 bits per heavy atom. The summed E-state index contributed by atoms with van der Waals surface area (Å²) in [6.45, 7) is 3.69. The zero-order valence-corrected chi connectivity index (χ0v) is 16.9. The number of hydrogen-bond donors (Lipinski definition) is 0. The van der Waals surface area contributed by atoms with Gasteiger partial charge in [-0.1, -0.05) is 5.16 Å². The molecule has 4 heterocycles. The quantitative estimate of drug-likeness (QED) is 0.628. The number of halogens is 3. The van der Waals surface area contributed by atoms with Gasteiger partial charge >= 0.3 is 6.18 Å². The highest BCUT2D eigenvalue weighted by Crippen LogP contribution is 2.38. The van der Waals surface area contributed by atoms with Crippen molar-refractivity contribution < 1.29 is 22.5 Å². The smallest absolute Gasteiger partial charge is 0.341 e. The van der Waals surface area contributed by atoms with E-state index in [4.69, 9.17) is 4.52 Å². The molecule has 1 fully saturated rings. The fourth-order valence-electron chi connectivity index (χ4n) is 3.86. The van der Waals surface area contributed by atoms with Gasteiger partial charge in [-0.15, -0.1) is 0 Å². The lowest BCUT2D eigenvalue weighted by molar-refractivity contribution is -0.136. The normalized spacial score (nSPS) is 15.6. The molecule has 0 bridgehead atoms. The Bertz CT molecular complexity index is 1190. The summed E-state index contributed by atoms with van der Waals surface area (Å²) in [5, 5.41) is 7.55. The van der Waals surface area contributed by atoms with Gasteiger partial charge in [-0.3, -0.25) is 9.59 Å². The third-order valence-corrected chi connectivity index (χ3v) is 5.49. The molecule has 164 valence electrons. The lowest BCUT2D eigenvalue weighted by Gasteiger charge is -2.32. The van der Waals surface area contributed by atoms with Gasteiger partial charge in [0.05, 0.1) is 22.3 Å². The van der Waals surface area contributed by atoms with Gasteiger partial charge in [-0.05, 0) is 38.8 Å². The predicted octanol–water partition coefficient (Wildman–Crippen LogP) is 2.82. The summed E-state index contributed by atoms with van der Waals surface area (Å²) in [6, 6.07) is 3.99. The monoisotopic (exact) mass is 435 g/mol. The summed E-state index contributed by atoms with van der Waals surface area (Å²) in [4.78, 5) is 30.3. The van der Waals surface area contributed by atoms with Crippen molar-refractivity contribution in [2.24, 2.45) is 0 Å². The zero-order chi connectivity index (χ0) is 22.3. The first-order chi connectivity index (χ1) is 14.6. The van der Waals surface area contributed by atoms with Crippen LogP contribution in [0.3, 0.4) is 0 Å². The molecule has 0 unspecified atom stereocenters. The number of piperidine rings is 1. The molecule has 0 atom stereocenters. The van der Waals surface area contributed by atoms with E-state index in [2.05, 4.69) is 15.2 Å². The number of rotatable bonds is 3. The highest BCUT2D eigenvalue weighted by molar-refractivity contribution is 5.81. The number of alkyl halides is 3. The second kappa shape index (κ2) is 7.78. The van der Waals surface area contributed by atoms with E-state index >= 15 is 0 Å². The van der Waals surface area contributed by atoms with Crippen LogP contribution in [0.1, 0.15) is 41.4 Å². The van der Waals surface area contributed by atoms with Gasteiger partial charge in [0.25, 0.3) is 11.3 Å². The Labute approximate surface area is 174 Å². The van der Waals surface area contributed by atoms with E-state index < -0.39 is 11.7 Å². The molecule has 8 nitrogen and oxygen atoms in total. The lowest BCUT2D eigenvalue weighted by atomic mass is 9.91. The average Bonchev–Trinajstić information content (AvgIpc) is 3.10. The lowest BCUT2D eigenvalue weighted by Crippen LogP contribution is -2.41. The second-order valence-electron chi connectivity index (χ2n) is 7.67. The number of nitrogens with zero attached hydrogens (tertiary/aromatic N) is 5. The largest absolute Gasteiger partial charge is 0.417 e. The molecule has 1 amide bonds. The number of aromatic nitrogens is 4. The first kappa shape index (κ1) is 21.0. The van der Waals surface area contributed by atoms with Gasteiger partial charge < -0.3 is 9.42 Å². The third kappa shape index (κ3) is 4.17. The topological polar surface area (TPSA) is 94.1 Å². The van der Waals surface area contributed by atoms with E-state index in [1.165, 1.54) is 13.0 Å². The minimum Gasteiger partial charge on any atom is -0.341 e.